The van der Waals surface area contributed by atoms with Gasteiger partial charge in [0.2, 0.25) is 0 Å². The predicted molar refractivity (Wildman–Crippen MR) is 138 cm³/mol. The number of hydrogen-bond acceptors (Lipinski definition) is 5. The van der Waals surface area contributed by atoms with Gasteiger partial charge in [-0.2, -0.15) is 5.10 Å². The Kier molecular flexibility index (Phi) is 8.05. The molecule has 4 rings (SSSR count). The van der Waals surface area contributed by atoms with Gasteiger partial charge in [-0.1, -0.05) is 46.9 Å². The first-order valence-corrected chi connectivity index (χ1v) is 11.9. The number of carbonyl (C=O) groups excluding carboxylic acids is 1. The molecule has 0 aliphatic heterocycles. The first-order chi connectivity index (χ1) is 16.8. The molecule has 2 aromatic carbocycles. The highest BCUT2D eigenvalue weighted by Crippen LogP contribution is 2.34. The van der Waals surface area contributed by atoms with Gasteiger partial charge in [0.05, 0.1) is 22.0 Å². The van der Waals surface area contributed by atoms with E-state index in [0.717, 1.165) is 16.8 Å². The maximum atomic E-state index is 12.2. The summed E-state index contributed by atoms with van der Waals surface area (Å²) in [6.45, 7) is 2.50. The van der Waals surface area contributed by atoms with Crippen LogP contribution in [0.3, 0.4) is 0 Å². The van der Waals surface area contributed by atoms with Crippen molar-refractivity contribution in [3.63, 3.8) is 0 Å². The van der Waals surface area contributed by atoms with Crippen molar-refractivity contribution in [1.29, 1.82) is 0 Å². The highest BCUT2D eigenvalue weighted by molar-refractivity contribution is 6.35. The number of carbonyl (C=O) groups is 1. The average Bonchev–Trinajstić information content (AvgIpc) is 3.19. The molecule has 2 heterocycles. The van der Waals surface area contributed by atoms with E-state index in [1.54, 1.807) is 53.3 Å². The number of nitrogens with one attached hydrogen (secondary N) is 2. The van der Waals surface area contributed by atoms with Crippen LogP contribution >= 0.6 is 34.8 Å². The molecule has 4 aromatic rings. The van der Waals surface area contributed by atoms with Crippen molar-refractivity contribution in [1.82, 2.24) is 25.4 Å². The number of benzene rings is 2. The number of aliphatic hydroxyl groups is 1. The number of halogens is 3. The van der Waals surface area contributed by atoms with Crippen molar-refractivity contribution >= 4 is 40.7 Å². The standard InChI is InChI=1S/C25H22Cl3N5O2/c1-15-22(25(35)31-12-11-30-24(34)17-3-2-10-29-14-17)32-33(21-9-8-19(27)13-20(21)28)23(15)16-4-6-18(26)7-5-16/h2-10,13-14,25,31,35H,11-12H2,1H3,(H,30,34). The van der Waals surface area contributed by atoms with Gasteiger partial charge < -0.3 is 10.4 Å². The fourth-order valence-corrected chi connectivity index (χ4v) is 4.24. The summed E-state index contributed by atoms with van der Waals surface area (Å²) in [7, 11) is 0. The van der Waals surface area contributed by atoms with E-state index in [0.29, 0.717) is 45.1 Å². The van der Waals surface area contributed by atoms with E-state index in [1.807, 2.05) is 19.1 Å². The molecule has 10 heteroatoms. The lowest BCUT2D eigenvalue weighted by molar-refractivity contribution is 0.0945. The van der Waals surface area contributed by atoms with Crippen molar-refractivity contribution in [3.8, 4) is 16.9 Å². The lowest BCUT2D eigenvalue weighted by Gasteiger charge is -2.12. The fraction of sp³-hybridized carbons (Fsp3) is 0.160. The zero-order chi connectivity index (χ0) is 24.9. The molecule has 1 atom stereocenters. The van der Waals surface area contributed by atoms with Crippen LogP contribution in [-0.2, 0) is 0 Å². The van der Waals surface area contributed by atoms with E-state index in [2.05, 4.69) is 20.7 Å². The number of aliphatic hydroxyl groups excluding tert-OH is 1. The number of pyridine rings is 1. The van der Waals surface area contributed by atoms with Crippen molar-refractivity contribution in [2.45, 2.75) is 13.2 Å². The minimum atomic E-state index is -1.08. The smallest absolute Gasteiger partial charge is 0.252 e. The first-order valence-electron chi connectivity index (χ1n) is 10.8. The molecule has 0 aliphatic rings. The van der Waals surface area contributed by atoms with Gasteiger partial charge in [0, 0.05) is 46.7 Å². The average molecular weight is 531 g/mol. The summed E-state index contributed by atoms with van der Waals surface area (Å²) in [5.74, 6) is -0.239. The molecule has 3 N–H and O–H groups in total. The van der Waals surface area contributed by atoms with E-state index in [1.165, 1.54) is 6.20 Å². The second-order valence-corrected chi connectivity index (χ2v) is 9.01. The van der Waals surface area contributed by atoms with Crippen molar-refractivity contribution in [2.75, 3.05) is 13.1 Å². The van der Waals surface area contributed by atoms with Gasteiger partial charge in [0.15, 0.2) is 0 Å². The number of hydrogen-bond donors (Lipinski definition) is 3. The number of amides is 1. The van der Waals surface area contributed by atoms with Gasteiger partial charge in [0.25, 0.3) is 5.91 Å². The molecule has 0 saturated carbocycles. The van der Waals surface area contributed by atoms with Gasteiger partial charge in [-0.15, -0.1) is 0 Å². The molecule has 0 spiro atoms. The Labute approximate surface area is 217 Å². The van der Waals surface area contributed by atoms with Crippen LogP contribution in [0.15, 0.2) is 67.0 Å². The van der Waals surface area contributed by atoms with Gasteiger partial charge in [-0.3, -0.25) is 15.1 Å². The van der Waals surface area contributed by atoms with Crippen LogP contribution in [0.2, 0.25) is 15.1 Å². The second-order valence-electron chi connectivity index (χ2n) is 7.73. The summed E-state index contributed by atoms with van der Waals surface area (Å²) in [5.41, 5.74) is 3.89. The molecule has 35 heavy (non-hydrogen) atoms. The predicted octanol–water partition coefficient (Wildman–Crippen LogP) is 5.21. The summed E-state index contributed by atoms with van der Waals surface area (Å²) in [5, 5.41) is 22.9. The first kappa shape index (κ1) is 25.2. The quantitative estimate of drug-likeness (QED) is 0.215. The molecular formula is C25H22Cl3N5O2. The van der Waals surface area contributed by atoms with E-state index in [4.69, 9.17) is 34.8 Å². The molecule has 0 aliphatic carbocycles. The fourth-order valence-electron chi connectivity index (χ4n) is 3.63. The van der Waals surface area contributed by atoms with Crippen LogP contribution in [0, 0.1) is 6.92 Å². The highest BCUT2D eigenvalue weighted by atomic mass is 35.5. The van der Waals surface area contributed by atoms with E-state index in [-0.39, 0.29) is 5.91 Å². The monoisotopic (exact) mass is 529 g/mol. The summed E-state index contributed by atoms with van der Waals surface area (Å²) in [4.78, 5) is 16.1. The van der Waals surface area contributed by atoms with Gasteiger partial charge >= 0.3 is 0 Å². The van der Waals surface area contributed by atoms with E-state index < -0.39 is 6.23 Å². The third-order valence-corrected chi connectivity index (χ3v) is 6.14. The molecule has 0 bridgehead atoms. The second kappa shape index (κ2) is 11.2. The Morgan fingerprint density at radius 1 is 1.06 bits per heavy atom. The number of nitrogens with zero attached hydrogens (tertiary/aromatic N) is 3. The third kappa shape index (κ3) is 5.83. The summed E-state index contributed by atoms with van der Waals surface area (Å²) >= 11 is 18.7. The van der Waals surface area contributed by atoms with Crippen LogP contribution in [-0.4, -0.2) is 38.9 Å². The summed E-state index contributed by atoms with van der Waals surface area (Å²) < 4.78 is 1.68. The van der Waals surface area contributed by atoms with E-state index in [9.17, 15) is 9.90 Å². The topological polar surface area (TPSA) is 92.1 Å². The maximum absolute atomic E-state index is 12.2. The van der Waals surface area contributed by atoms with Crippen LogP contribution < -0.4 is 10.6 Å². The Bertz CT molecular complexity index is 1330. The van der Waals surface area contributed by atoms with Crippen LogP contribution in [0.1, 0.15) is 27.8 Å². The molecule has 1 amide bonds. The Morgan fingerprint density at radius 3 is 2.49 bits per heavy atom. The maximum Gasteiger partial charge on any atom is 0.252 e. The normalized spacial score (nSPS) is 11.9. The van der Waals surface area contributed by atoms with Crippen LogP contribution in [0.4, 0.5) is 0 Å². The Balaban J connectivity index is 1.56. The van der Waals surface area contributed by atoms with Gasteiger partial charge in [-0.25, -0.2) is 4.68 Å². The lowest BCUT2D eigenvalue weighted by atomic mass is 10.1. The summed E-state index contributed by atoms with van der Waals surface area (Å²) in [6.07, 6.45) is 2.02. The summed E-state index contributed by atoms with van der Waals surface area (Å²) in [6, 6.07) is 15.8. The number of aromatic nitrogens is 3. The number of rotatable bonds is 8. The van der Waals surface area contributed by atoms with Gasteiger partial charge in [-0.05, 0) is 49.4 Å². The SMILES string of the molecule is Cc1c(C(O)NCCNC(=O)c2cccnc2)nn(-c2ccc(Cl)cc2Cl)c1-c1ccc(Cl)cc1. The highest BCUT2D eigenvalue weighted by Gasteiger charge is 2.23. The minimum absolute atomic E-state index is 0.239. The van der Waals surface area contributed by atoms with Crippen molar-refractivity contribution in [3.05, 3.63) is 98.9 Å². The Morgan fingerprint density at radius 2 is 1.80 bits per heavy atom. The minimum Gasteiger partial charge on any atom is -0.373 e. The molecule has 0 fully saturated rings. The molecule has 0 radical (unpaired) electrons. The van der Waals surface area contributed by atoms with Crippen molar-refractivity contribution < 1.29 is 9.90 Å². The zero-order valence-corrected chi connectivity index (χ0v) is 20.9. The molecule has 180 valence electrons. The Hall–Kier alpha value is -2.94. The third-order valence-electron chi connectivity index (χ3n) is 5.35. The molecule has 7 nitrogen and oxygen atoms in total. The molecule has 2 aromatic heterocycles. The van der Waals surface area contributed by atoms with Crippen LogP contribution in [0.5, 0.6) is 0 Å². The molecule has 1 unspecified atom stereocenters. The van der Waals surface area contributed by atoms with E-state index >= 15 is 0 Å². The van der Waals surface area contributed by atoms with Crippen molar-refractivity contribution in [2.24, 2.45) is 0 Å². The zero-order valence-electron chi connectivity index (χ0n) is 18.7. The largest absolute Gasteiger partial charge is 0.373 e. The molecule has 0 saturated heterocycles. The van der Waals surface area contributed by atoms with Gasteiger partial charge in [0.1, 0.15) is 11.9 Å². The lowest BCUT2D eigenvalue weighted by Crippen LogP contribution is -2.34. The van der Waals surface area contributed by atoms with Crippen LogP contribution in [0.25, 0.3) is 16.9 Å². The molecular weight excluding hydrogens is 509 g/mol.